The third-order valence-electron chi connectivity index (χ3n) is 3.04. The van der Waals surface area contributed by atoms with Crippen LogP contribution in [0.1, 0.15) is 5.56 Å². The SMILES string of the molecule is Cc1cc(NN)nc2ccc3ccccc3c12. The van der Waals surface area contributed by atoms with Crippen LogP contribution in [0.5, 0.6) is 0 Å². The summed E-state index contributed by atoms with van der Waals surface area (Å²) in [7, 11) is 0. The van der Waals surface area contributed by atoms with Gasteiger partial charge in [0, 0.05) is 5.39 Å². The number of hydrazine groups is 1. The monoisotopic (exact) mass is 223 g/mol. The molecule has 0 aliphatic heterocycles. The van der Waals surface area contributed by atoms with E-state index in [1.54, 1.807) is 0 Å². The van der Waals surface area contributed by atoms with Crippen LogP contribution in [0.4, 0.5) is 5.82 Å². The summed E-state index contributed by atoms with van der Waals surface area (Å²) in [5.41, 5.74) is 4.75. The third-order valence-corrected chi connectivity index (χ3v) is 3.04. The van der Waals surface area contributed by atoms with Gasteiger partial charge in [-0.1, -0.05) is 30.3 Å². The number of fused-ring (bicyclic) bond motifs is 3. The van der Waals surface area contributed by atoms with E-state index in [0.717, 1.165) is 5.52 Å². The van der Waals surface area contributed by atoms with Gasteiger partial charge >= 0.3 is 0 Å². The first-order valence-corrected chi connectivity index (χ1v) is 5.55. The number of nitrogen functional groups attached to an aromatic ring is 1. The smallest absolute Gasteiger partial charge is 0.140 e. The molecule has 0 aliphatic carbocycles. The average Bonchev–Trinajstić information content (AvgIpc) is 2.37. The summed E-state index contributed by atoms with van der Waals surface area (Å²) in [4.78, 5) is 4.47. The van der Waals surface area contributed by atoms with E-state index in [2.05, 4.69) is 41.6 Å². The number of aromatic nitrogens is 1. The number of rotatable bonds is 1. The predicted molar refractivity (Wildman–Crippen MR) is 71.8 cm³/mol. The molecule has 3 N–H and O–H groups in total. The fraction of sp³-hybridized carbons (Fsp3) is 0.0714. The van der Waals surface area contributed by atoms with Crippen LogP contribution in [-0.4, -0.2) is 4.98 Å². The van der Waals surface area contributed by atoms with Gasteiger partial charge in [-0.2, -0.15) is 0 Å². The predicted octanol–water partition coefficient (Wildman–Crippen LogP) is 2.98. The lowest BCUT2D eigenvalue weighted by Crippen LogP contribution is -2.08. The first-order valence-electron chi connectivity index (χ1n) is 5.55. The molecule has 3 aromatic rings. The maximum Gasteiger partial charge on any atom is 0.140 e. The molecular formula is C14H13N3. The van der Waals surface area contributed by atoms with Crippen molar-refractivity contribution >= 4 is 27.5 Å². The Hall–Kier alpha value is -2.13. The number of nitrogens with two attached hydrogens (primary N) is 1. The molecule has 0 bridgehead atoms. The normalized spacial score (nSPS) is 10.9. The van der Waals surface area contributed by atoms with Crippen LogP contribution in [-0.2, 0) is 0 Å². The summed E-state index contributed by atoms with van der Waals surface area (Å²) >= 11 is 0. The molecule has 0 saturated carbocycles. The Morgan fingerprint density at radius 2 is 1.94 bits per heavy atom. The topological polar surface area (TPSA) is 50.9 Å². The molecule has 0 spiro atoms. The van der Waals surface area contributed by atoms with Gasteiger partial charge in [0.05, 0.1) is 5.52 Å². The van der Waals surface area contributed by atoms with E-state index in [1.807, 2.05) is 18.2 Å². The number of nitrogens with zero attached hydrogens (tertiary/aromatic N) is 1. The zero-order valence-corrected chi connectivity index (χ0v) is 9.57. The number of hydrogen-bond acceptors (Lipinski definition) is 3. The van der Waals surface area contributed by atoms with Crippen molar-refractivity contribution in [1.29, 1.82) is 0 Å². The zero-order valence-electron chi connectivity index (χ0n) is 9.57. The molecule has 0 aliphatic rings. The van der Waals surface area contributed by atoms with Gasteiger partial charge in [0.25, 0.3) is 0 Å². The van der Waals surface area contributed by atoms with Crippen molar-refractivity contribution in [1.82, 2.24) is 4.98 Å². The molecule has 0 radical (unpaired) electrons. The minimum absolute atomic E-state index is 0.699. The minimum atomic E-state index is 0.699. The van der Waals surface area contributed by atoms with E-state index >= 15 is 0 Å². The third kappa shape index (κ3) is 1.52. The summed E-state index contributed by atoms with van der Waals surface area (Å²) in [6.45, 7) is 2.08. The summed E-state index contributed by atoms with van der Waals surface area (Å²) in [5.74, 6) is 6.11. The van der Waals surface area contributed by atoms with E-state index < -0.39 is 0 Å². The summed E-state index contributed by atoms with van der Waals surface area (Å²) in [6, 6.07) is 14.4. The summed E-state index contributed by atoms with van der Waals surface area (Å²) in [5, 5.41) is 3.67. The van der Waals surface area contributed by atoms with E-state index in [0.29, 0.717) is 5.82 Å². The Morgan fingerprint density at radius 1 is 1.12 bits per heavy atom. The molecule has 0 atom stereocenters. The van der Waals surface area contributed by atoms with E-state index in [4.69, 9.17) is 5.84 Å². The van der Waals surface area contributed by atoms with Crippen LogP contribution >= 0.6 is 0 Å². The minimum Gasteiger partial charge on any atom is -0.308 e. The van der Waals surface area contributed by atoms with E-state index in [-0.39, 0.29) is 0 Å². The average molecular weight is 223 g/mol. The quantitative estimate of drug-likeness (QED) is 0.379. The number of hydrogen-bond donors (Lipinski definition) is 2. The van der Waals surface area contributed by atoms with Crippen LogP contribution in [0.3, 0.4) is 0 Å². The van der Waals surface area contributed by atoms with Gasteiger partial charge in [0.1, 0.15) is 5.82 Å². The van der Waals surface area contributed by atoms with Crippen LogP contribution in [0.2, 0.25) is 0 Å². The van der Waals surface area contributed by atoms with Crippen LogP contribution < -0.4 is 11.3 Å². The lowest BCUT2D eigenvalue weighted by atomic mass is 10.0. The van der Waals surface area contributed by atoms with Crippen molar-refractivity contribution < 1.29 is 0 Å². The van der Waals surface area contributed by atoms with Gasteiger partial charge in [0.2, 0.25) is 0 Å². The fourth-order valence-corrected chi connectivity index (χ4v) is 2.28. The molecule has 0 unspecified atom stereocenters. The number of anilines is 1. The number of nitrogens with one attached hydrogen (secondary N) is 1. The van der Waals surface area contributed by atoms with Crippen LogP contribution in [0.25, 0.3) is 21.7 Å². The van der Waals surface area contributed by atoms with Gasteiger partial charge < -0.3 is 5.43 Å². The molecule has 3 heteroatoms. The highest BCUT2D eigenvalue weighted by molar-refractivity contribution is 6.08. The first-order chi connectivity index (χ1) is 8.29. The molecule has 1 heterocycles. The van der Waals surface area contributed by atoms with Gasteiger partial charge in [-0.25, -0.2) is 10.8 Å². The van der Waals surface area contributed by atoms with Gasteiger partial charge in [-0.05, 0) is 35.4 Å². The zero-order chi connectivity index (χ0) is 11.8. The van der Waals surface area contributed by atoms with E-state index in [1.165, 1.54) is 21.7 Å². The van der Waals surface area contributed by atoms with Crippen molar-refractivity contribution in [3.05, 3.63) is 48.0 Å². The Balaban J connectivity index is 2.50. The summed E-state index contributed by atoms with van der Waals surface area (Å²) in [6.07, 6.45) is 0. The Labute approximate surface area is 99.2 Å². The largest absolute Gasteiger partial charge is 0.308 e. The van der Waals surface area contributed by atoms with Crippen molar-refractivity contribution in [2.45, 2.75) is 6.92 Å². The molecule has 1 aromatic heterocycles. The molecule has 0 amide bonds. The molecule has 84 valence electrons. The second kappa shape index (κ2) is 3.71. The molecule has 17 heavy (non-hydrogen) atoms. The van der Waals surface area contributed by atoms with Gasteiger partial charge in [-0.15, -0.1) is 0 Å². The number of pyridine rings is 1. The van der Waals surface area contributed by atoms with Crippen molar-refractivity contribution in [2.24, 2.45) is 5.84 Å². The molecular weight excluding hydrogens is 210 g/mol. The van der Waals surface area contributed by atoms with E-state index in [9.17, 15) is 0 Å². The fourth-order valence-electron chi connectivity index (χ4n) is 2.28. The lowest BCUT2D eigenvalue weighted by molar-refractivity contribution is 1.25. The van der Waals surface area contributed by atoms with Crippen molar-refractivity contribution in [3.8, 4) is 0 Å². The Morgan fingerprint density at radius 3 is 2.76 bits per heavy atom. The molecule has 3 nitrogen and oxygen atoms in total. The highest BCUT2D eigenvalue weighted by Crippen LogP contribution is 2.28. The lowest BCUT2D eigenvalue weighted by Gasteiger charge is -2.08. The molecule has 2 aromatic carbocycles. The van der Waals surface area contributed by atoms with Crippen molar-refractivity contribution in [3.63, 3.8) is 0 Å². The second-order valence-electron chi connectivity index (χ2n) is 4.15. The molecule has 0 saturated heterocycles. The van der Waals surface area contributed by atoms with Gasteiger partial charge in [-0.3, -0.25) is 0 Å². The molecule has 3 rings (SSSR count). The van der Waals surface area contributed by atoms with Crippen molar-refractivity contribution in [2.75, 3.05) is 5.43 Å². The Bertz CT molecular complexity index is 704. The number of aryl methyl sites for hydroxylation is 1. The number of benzene rings is 2. The van der Waals surface area contributed by atoms with Crippen LogP contribution in [0, 0.1) is 6.92 Å². The first kappa shape index (κ1) is 10.1. The Kier molecular flexibility index (Phi) is 2.20. The molecule has 0 fully saturated rings. The van der Waals surface area contributed by atoms with Gasteiger partial charge in [0.15, 0.2) is 0 Å². The summed E-state index contributed by atoms with van der Waals surface area (Å²) < 4.78 is 0. The maximum atomic E-state index is 5.41. The maximum absolute atomic E-state index is 5.41. The highest BCUT2D eigenvalue weighted by atomic mass is 15.2. The highest BCUT2D eigenvalue weighted by Gasteiger charge is 2.05. The second-order valence-corrected chi connectivity index (χ2v) is 4.15. The van der Waals surface area contributed by atoms with Crippen LogP contribution in [0.15, 0.2) is 42.5 Å². The standard InChI is InChI=1S/C14H13N3/c1-9-8-13(17-15)16-12-7-6-10-4-2-3-5-11(10)14(9)12/h2-8H,15H2,1H3,(H,16,17).